The quantitative estimate of drug-likeness (QED) is 0.161. The van der Waals surface area contributed by atoms with Crippen molar-refractivity contribution in [2.24, 2.45) is 0 Å². The van der Waals surface area contributed by atoms with E-state index in [9.17, 15) is 0 Å². The molecule has 0 saturated carbocycles. The van der Waals surface area contributed by atoms with Gasteiger partial charge in [-0.25, -0.2) is 24.9 Å². The van der Waals surface area contributed by atoms with E-state index < -0.39 is 0 Å². The van der Waals surface area contributed by atoms with Gasteiger partial charge in [-0.15, -0.1) is 0 Å². The number of aromatic nitrogens is 8. The first-order valence-corrected chi connectivity index (χ1v) is 17.3. The summed E-state index contributed by atoms with van der Waals surface area (Å²) in [6.45, 7) is 0. The van der Waals surface area contributed by atoms with Gasteiger partial charge in [0.25, 0.3) is 0 Å². The van der Waals surface area contributed by atoms with Crippen molar-refractivity contribution in [3.05, 3.63) is 170 Å². The minimum atomic E-state index is 0.480. The van der Waals surface area contributed by atoms with Crippen molar-refractivity contribution in [2.75, 3.05) is 0 Å². The summed E-state index contributed by atoms with van der Waals surface area (Å²) < 4.78 is 2.24. The second-order valence-corrected chi connectivity index (χ2v) is 12.6. The molecule has 0 bridgehead atoms. The van der Waals surface area contributed by atoms with E-state index in [0.717, 1.165) is 66.6 Å². The topological polar surface area (TPSA) is 95.2 Å². The Morgan fingerprint density at radius 2 is 1.00 bits per heavy atom. The Balaban J connectivity index is 1.18. The van der Waals surface area contributed by atoms with E-state index in [1.807, 2.05) is 66.7 Å². The molecule has 10 aromatic rings. The lowest BCUT2D eigenvalue weighted by atomic mass is 9.98. The van der Waals surface area contributed by atoms with Gasteiger partial charge < -0.3 is 0 Å². The second-order valence-electron chi connectivity index (χ2n) is 12.6. The Labute approximate surface area is 304 Å². The predicted molar refractivity (Wildman–Crippen MR) is 210 cm³/mol. The Morgan fingerprint density at radius 1 is 0.396 bits per heavy atom. The SMILES string of the molecule is c1ccc(-c2nc3c4c(-c5ccc(-c6nc(-c7ccccn7)nc(-c7ccccn7)n6)cc5)nc5ccccc5c4ccc3n2-c2ccccc2)cc1. The van der Waals surface area contributed by atoms with Gasteiger partial charge in [0, 0.05) is 45.5 Å². The fourth-order valence-electron chi connectivity index (χ4n) is 6.91. The van der Waals surface area contributed by atoms with Gasteiger partial charge in [-0.3, -0.25) is 14.5 Å². The summed E-state index contributed by atoms with van der Waals surface area (Å²) in [5.41, 5.74) is 8.85. The smallest absolute Gasteiger partial charge is 0.182 e. The second kappa shape index (κ2) is 12.7. The minimum Gasteiger partial charge on any atom is -0.292 e. The van der Waals surface area contributed by atoms with E-state index >= 15 is 0 Å². The Kier molecular flexibility index (Phi) is 7.28. The summed E-state index contributed by atoms with van der Waals surface area (Å²) in [5.74, 6) is 2.36. The Morgan fingerprint density at radius 3 is 1.68 bits per heavy atom. The third-order valence-corrected chi connectivity index (χ3v) is 9.38. The van der Waals surface area contributed by atoms with Crippen LogP contribution in [0.1, 0.15) is 0 Å². The maximum atomic E-state index is 5.41. The molecule has 8 heteroatoms. The first-order valence-electron chi connectivity index (χ1n) is 17.3. The van der Waals surface area contributed by atoms with Crippen molar-refractivity contribution in [3.63, 3.8) is 0 Å². The van der Waals surface area contributed by atoms with Crippen LogP contribution in [-0.2, 0) is 0 Å². The van der Waals surface area contributed by atoms with E-state index in [2.05, 4.69) is 106 Å². The summed E-state index contributed by atoms with van der Waals surface area (Å²) in [6.07, 6.45) is 3.47. The first-order chi connectivity index (χ1) is 26.3. The third-order valence-electron chi connectivity index (χ3n) is 9.38. The van der Waals surface area contributed by atoms with Crippen molar-refractivity contribution in [2.45, 2.75) is 0 Å². The Hall–Kier alpha value is -7.45. The lowest BCUT2D eigenvalue weighted by molar-refractivity contribution is 1.05. The third kappa shape index (κ3) is 5.37. The highest BCUT2D eigenvalue weighted by atomic mass is 15.1. The molecule has 10 rings (SSSR count). The maximum absolute atomic E-state index is 5.41. The molecule has 0 fully saturated rings. The van der Waals surface area contributed by atoms with Crippen LogP contribution in [-0.4, -0.2) is 39.5 Å². The fraction of sp³-hybridized carbons (Fsp3) is 0. The van der Waals surface area contributed by atoms with Crippen LogP contribution < -0.4 is 0 Å². The lowest BCUT2D eigenvalue weighted by Crippen LogP contribution is -2.01. The number of hydrogen-bond donors (Lipinski definition) is 0. The van der Waals surface area contributed by atoms with Crippen LogP contribution in [0.3, 0.4) is 0 Å². The number of fused-ring (bicyclic) bond motifs is 5. The van der Waals surface area contributed by atoms with E-state index in [1.54, 1.807) is 12.4 Å². The maximum Gasteiger partial charge on any atom is 0.182 e. The molecule has 0 radical (unpaired) electrons. The van der Waals surface area contributed by atoms with Gasteiger partial charge in [0.1, 0.15) is 17.2 Å². The molecule has 0 unspecified atom stereocenters. The zero-order chi connectivity index (χ0) is 35.1. The standard InChI is InChI=1S/C45H28N8/c1-3-13-31(14-4-1)45-49-41-38(53(45)32-15-5-2-6-16-32)26-25-34-33-17-7-8-18-35(33)48-40(39(34)41)29-21-23-30(24-22-29)42-50-43(36-19-9-11-27-46-36)52-44(51-42)37-20-10-12-28-47-37/h1-28H. The molecule has 0 spiro atoms. The van der Waals surface area contributed by atoms with Crippen molar-refractivity contribution in [3.8, 4) is 62.8 Å². The van der Waals surface area contributed by atoms with E-state index in [4.69, 9.17) is 24.9 Å². The highest BCUT2D eigenvalue weighted by Crippen LogP contribution is 2.40. The Bertz CT molecular complexity index is 2850. The molecule has 0 atom stereocenters. The van der Waals surface area contributed by atoms with Gasteiger partial charge in [-0.2, -0.15) is 0 Å². The summed E-state index contributed by atoms with van der Waals surface area (Å²) >= 11 is 0. The molecule has 0 aliphatic rings. The number of pyridine rings is 3. The molecular formula is C45H28N8. The van der Waals surface area contributed by atoms with Crippen LogP contribution in [0.2, 0.25) is 0 Å². The van der Waals surface area contributed by atoms with Crippen LogP contribution in [0, 0.1) is 0 Å². The fourth-order valence-corrected chi connectivity index (χ4v) is 6.91. The molecule has 0 amide bonds. The molecule has 5 aromatic heterocycles. The normalized spacial score (nSPS) is 11.4. The van der Waals surface area contributed by atoms with Crippen LogP contribution in [0.4, 0.5) is 0 Å². The van der Waals surface area contributed by atoms with Crippen LogP contribution in [0.25, 0.3) is 95.5 Å². The summed E-state index contributed by atoms with van der Waals surface area (Å²) in [4.78, 5) is 34.2. The molecule has 248 valence electrons. The summed E-state index contributed by atoms with van der Waals surface area (Å²) in [7, 11) is 0. The zero-order valence-corrected chi connectivity index (χ0v) is 28.2. The molecule has 53 heavy (non-hydrogen) atoms. The molecule has 5 heterocycles. The van der Waals surface area contributed by atoms with Crippen molar-refractivity contribution in [1.29, 1.82) is 0 Å². The van der Waals surface area contributed by atoms with Crippen molar-refractivity contribution in [1.82, 2.24) is 39.5 Å². The number of nitrogens with zero attached hydrogens (tertiary/aromatic N) is 8. The van der Waals surface area contributed by atoms with E-state index in [1.165, 1.54) is 0 Å². The average Bonchev–Trinajstić information content (AvgIpc) is 3.65. The highest BCUT2D eigenvalue weighted by Gasteiger charge is 2.21. The van der Waals surface area contributed by atoms with E-state index in [0.29, 0.717) is 28.9 Å². The number of imidazole rings is 1. The van der Waals surface area contributed by atoms with Gasteiger partial charge in [-0.1, -0.05) is 109 Å². The predicted octanol–water partition coefficient (Wildman–Crippen LogP) is 10.0. The number of rotatable bonds is 6. The van der Waals surface area contributed by atoms with Crippen LogP contribution >= 0.6 is 0 Å². The molecule has 8 nitrogen and oxygen atoms in total. The zero-order valence-electron chi connectivity index (χ0n) is 28.2. The lowest BCUT2D eigenvalue weighted by Gasteiger charge is -2.13. The number of hydrogen-bond acceptors (Lipinski definition) is 7. The first kappa shape index (κ1) is 30.4. The van der Waals surface area contributed by atoms with Crippen molar-refractivity contribution >= 4 is 32.7 Å². The molecule has 0 saturated heterocycles. The number of benzene rings is 5. The molecule has 0 N–H and O–H groups in total. The largest absolute Gasteiger partial charge is 0.292 e. The summed E-state index contributed by atoms with van der Waals surface area (Å²) in [5, 5.41) is 3.17. The van der Waals surface area contributed by atoms with Gasteiger partial charge >= 0.3 is 0 Å². The molecular weight excluding hydrogens is 653 g/mol. The van der Waals surface area contributed by atoms with Gasteiger partial charge in [0.05, 0.1) is 22.2 Å². The monoisotopic (exact) mass is 680 g/mol. The van der Waals surface area contributed by atoms with E-state index in [-0.39, 0.29) is 0 Å². The van der Waals surface area contributed by atoms with Gasteiger partial charge in [0.15, 0.2) is 17.5 Å². The molecule has 0 aliphatic heterocycles. The average molecular weight is 681 g/mol. The highest BCUT2D eigenvalue weighted by molar-refractivity contribution is 6.20. The summed E-state index contributed by atoms with van der Waals surface area (Å²) in [6, 6.07) is 53.0. The van der Waals surface area contributed by atoms with Crippen molar-refractivity contribution < 1.29 is 0 Å². The minimum absolute atomic E-state index is 0.480. The molecule has 5 aromatic carbocycles. The van der Waals surface area contributed by atoms with Crippen LogP contribution in [0.15, 0.2) is 170 Å². The van der Waals surface area contributed by atoms with Gasteiger partial charge in [0.2, 0.25) is 0 Å². The van der Waals surface area contributed by atoms with Gasteiger partial charge in [-0.05, 0) is 53.9 Å². The van der Waals surface area contributed by atoms with Crippen LogP contribution in [0.5, 0.6) is 0 Å². The molecule has 0 aliphatic carbocycles. The number of para-hydroxylation sites is 2.